The Hall–Kier alpha value is -0.830. The second-order valence-electron chi connectivity index (χ2n) is 4.85. The molecule has 0 bridgehead atoms. The molecule has 1 rings (SSSR count). The molecule has 0 aliphatic heterocycles. The van der Waals surface area contributed by atoms with Crippen LogP contribution in [0.5, 0.6) is 0 Å². The zero-order valence-electron chi connectivity index (χ0n) is 9.75. The fourth-order valence-electron chi connectivity index (χ4n) is 2.03. The molecule has 0 aromatic heterocycles. The Morgan fingerprint density at radius 2 is 2.33 bits per heavy atom. The molecule has 1 unspecified atom stereocenters. The minimum absolute atomic E-state index is 0.202. The van der Waals surface area contributed by atoms with E-state index < -0.39 is 12.6 Å². The normalized spacial score (nSPS) is 21.7. The molecule has 0 amide bonds. The molecule has 0 aromatic carbocycles. The minimum Gasteiger partial charge on any atom is -0.456 e. The molecule has 3 nitrogen and oxygen atoms in total. The first kappa shape index (κ1) is 12.2. The number of aliphatic hydroxyl groups excluding tert-OH is 1. The molecule has 86 valence electrons. The van der Waals surface area contributed by atoms with Gasteiger partial charge in [0.15, 0.2) is 0 Å². The molecule has 0 saturated carbocycles. The Kier molecular flexibility index (Phi) is 3.91. The number of hydrogen-bond acceptors (Lipinski definition) is 3. The third-order valence-corrected chi connectivity index (χ3v) is 2.82. The molecular weight excluding hydrogens is 192 g/mol. The highest BCUT2D eigenvalue weighted by molar-refractivity contribution is 5.70. The lowest BCUT2D eigenvalue weighted by atomic mass is 9.78. The average molecular weight is 212 g/mol. The van der Waals surface area contributed by atoms with Crippen LogP contribution in [0.1, 0.15) is 40.0 Å². The van der Waals surface area contributed by atoms with Gasteiger partial charge >= 0.3 is 5.97 Å². The van der Waals surface area contributed by atoms with Gasteiger partial charge in [-0.2, -0.15) is 0 Å². The Bertz CT molecular complexity index is 266. The predicted molar refractivity (Wildman–Crippen MR) is 58.4 cm³/mol. The van der Waals surface area contributed by atoms with Crippen LogP contribution in [0.25, 0.3) is 0 Å². The molecule has 0 aromatic rings. The summed E-state index contributed by atoms with van der Waals surface area (Å²) in [4.78, 5) is 10.9. The molecule has 0 fully saturated rings. The summed E-state index contributed by atoms with van der Waals surface area (Å²) in [6, 6.07) is 0. The van der Waals surface area contributed by atoms with E-state index in [2.05, 4.69) is 19.9 Å². The van der Waals surface area contributed by atoms with E-state index in [9.17, 15) is 4.79 Å². The van der Waals surface area contributed by atoms with Crippen LogP contribution in [0, 0.1) is 5.41 Å². The molecule has 15 heavy (non-hydrogen) atoms. The summed E-state index contributed by atoms with van der Waals surface area (Å²) >= 11 is 0. The number of aliphatic hydroxyl groups is 1. The van der Waals surface area contributed by atoms with E-state index in [4.69, 9.17) is 9.84 Å². The second kappa shape index (κ2) is 4.79. The summed E-state index contributed by atoms with van der Waals surface area (Å²) in [7, 11) is 0. The number of ether oxygens (including phenoxy) is 1. The van der Waals surface area contributed by atoms with Gasteiger partial charge in [-0.25, -0.2) is 4.79 Å². The molecule has 1 atom stereocenters. The summed E-state index contributed by atoms with van der Waals surface area (Å²) < 4.78 is 5.08. The number of carbonyl (C=O) groups excluding carboxylic acids is 1. The largest absolute Gasteiger partial charge is 0.456 e. The number of allylic oxidation sites excluding steroid dienone is 1. The van der Waals surface area contributed by atoms with Gasteiger partial charge < -0.3 is 9.84 Å². The van der Waals surface area contributed by atoms with Crippen molar-refractivity contribution in [2.45, 2.75) is 46.1 Å². The monoisotopic (exact) mass is 212 g/mol. The van der Waals surface area contributed by atoms with Gasteiger partial charge in [0.05, 0.1) is 0 Å². The topological polar surface area (TPSA) is 46.5 Å². The van der Waals surface area contributed by atoms with Gasteiger partial charge in [-0.15, -0.1) is 0 Å². The van der Waals surface area contributed by atoms with E-state index in [1.54, 1.807) is 0 Å². The number of rotatable bonds is 3. The van der Waals surface area contributed by atoms with Crippen molar-refractivity contribution in [1.29, 1.82) is 0 Å². The first-order valence-electron chi connectivity index (χ1n) is 5.46. The number of esters is 1. The Labute approximate surface area is 91.1 Å². The standard InChI is InChI=1S/C12H20O3/c1-9(15-11(14)8-13)10-5-4-6-12(2,3)7-10/h7,9,13H,4-6,8H2,1-3H3. The fraction of sp³-hybridized carbons (Fsp3) is 0.750. The van der Waals surface area contributed by atoms with E-state index in [0.717, 1.165) is 12.8 Å². The van der Waals surface area contributed by atoms with Crippen LogP contribution in [0.2, 0.25) is 0 Å². The van der Waals surface area contributed by atoms with Gasteiger partial charge in [0.25, 0.3) is 0 Å². The third-order valence-electron chi connectivity index (χ3n) is 2.82. The van der Waals surface area contributed by atoms with Gasteiger partial charge in [0, 0.05) is 0 Å². The first-order valence-corrected chi connectivity index (χ1v) is 5.46. The van der Waals surface area contributed by atoms with E-state index in [-0.39, 0.29) is 11.5 Å². The molecule has 0 heterocycles. The Morgan fingerprint density at radius 1 is 1.67 bits per heavy atom. The zero-order valence-corrected chi connectivity index (χ0v) is 9.75. The van der Waals surface area contributed by atoms with Crippen LogP contribution in [0.15, 0.2) is 11.6 Å². The van der Waals surface area contributed by atoms with Crippen molar-refractivity contribution in [3.05, 3.63) is 11.6 Å². The summed E-state index contributed by atoms with van der Waals surface area (Å²) in [6.45, 7) is 5.70. The molecule has 1 aliphatic carbocycles. The summed E-state index contributed by atoms with van der Waals surface area (Å²) in [5, 5.41) is 8.59. The van der Waals surface area contributed by atoms with Crippen LogP contribution in [-0.2, 0) is 9.53 Å². The van der Waals surface area contributed by atoms with Crippen molar-refractivity contribution in [2.75, 3.05) is 6.61 Å². The molecule has 0 radical (unpaired) electrons. The molecule has 1 N–H and O–H groups in total. The maximum atomic E-state index is 10.9. The first-order chi connectivity index (χ1) is 6.94. The van der Waals surface area contributed by atoms with Crippen molar-refractivity contribution >= 4 is 5.97 Å². The molecule has 0 saturated heterocycles. The maximum absolute atomic E-state index is 10.9. The van der Waals surface area contributed by atoms with Crippen molar-refractivity contribution in [3.63, 3.8) is 0 Å². The van der Waals surface area contributed by atoms with E-state index in [1.807, 2.05) is 6.92 Å². The van der Waals surface area contributed by atoms with Gasteiger partial charge in [0.2, 0.25) is 0 Å². The van der Waals surface area contributed by atoms with Gasteiger partial charge in [0.1, 0.15) is 12.7 Å². The number of carbonyl (C=O) groups is 1. The highest BCUT2D eigenvalue weighted by Gasteiger charge is 2.24. The summed E-state index contributed by atoms with van der Waals surface area (Å²) in [6.07, 6.45) is 5.30. The molecular formula is C12H20O3. The van der Waals surface area contributed by atoms with Gasteiger partial charge in [-0.3, -0.25) is 0 Å². The lowest BCUT2D eigenvalue weighted by molar-refractivity contribution is -0.150. The lowest BCUT2D eigenvalue weighted by Gasteiger charge is -2.29. The Balaban J connectivity index is 2.63. The fourth-order valence-corrected chi connectivity index (χ4v) is 2.03. The molecule has 1 aliphatic rings. The zero-order chi connectivity index (χ0) is 11.5. The lowest BCUT2D eigenvalue weighted by Crippen LogP contribution is -2.23. The van der Waals surface area contributed by atoms with E-state index >= 15 is 0 Å². The predicted octanol–water partition coefficient (Wildman–Crippen LogP) is 2.05. The minimum atomic E-state index is -0.549. The number of hydrogen-bond donors (Lipinski definition) is 1. The van der Waals surface area contributed by atoms with E-state index in [1.165, 1.54) is 12.0 Å². The van der Waals surface area contributed by atoms with Crippen molar-refractivity contribution in [3.8, 4) is 0 Å². The van der Waals surface area contributed by atoms with Gasteiger partial charge in [-0.05, 0) is 37.2 Å². The second-order valence-corrected chi connectivity index (χ2v) is 4.85. The Morgan fingerprint density at radius 3 is 2.87 bits per heavy atom. The van der Waals surface area contributed by atoms with Crippen molar-refractivity contribution < 1.29 is 14.6 Å². The molecule has 3 heteroatoms. The van der Waals surface area contributed by atoms with Crippen LogP contribution < -0.4 is 0 Å². The van der Waals surface area contributed by atoms with Crippen molar-refractivity contribution in [2.24, 2.45) is 5.41 Å². The van der Waals surface area contributed by atoms with Crippen LogP contribution in [-0.4, -0.2) is 23.8 Å². The quantitative estimate of drug-likeness (QED) is 0.575. The van der Waals surface area contributed by atoms with Crippen molar-refractivity contribution in [1.82, 2.24) is 0 Å². The van der Waals surface area contributed by atoms with Crippen LogP contribution in [0.4, 0.5) is 0 Å². The summed E-state index contributed by atoms with van der Waals surface area (Å²) in [5.74, 6) is -0.549. The maximum Gasteiger partial charge on any atom is 0.332 e. The highest BCUT2D eigenvalue weighted by Crippen LogP contribution is 2.34. The smallest absolute Gasteiger partial charge is 0.332 e. The SMILES string of the molecule is CC(OC(=O)CO)C1=CC(C)(C)CCC1. The highest BCUT2D eigenvalue weighted by atomic mass is 16.6. The van der Waals surface area contributed by atoms with Crippen LogP contribution >= 0.6 is 0 Å². The average Bonchev–Trinajstić information content (AvgIpc) is 2.16. The molecule has 0 spiro atoms. The van der Waals surface area contributed by atoms with E-state index in [0.29, 0.717) is 0 Å². The third kappa shape index (κ3) is 3.67. The van der Waals surface area contributed by atoms with Crippen LogP contribution in [0.3, 0.4) is 0 Å². The van der Waals surface area contributed by atoms with Gasteiger partial charge in [-0.1, -0.05) is 19.9 Å². The summed E-state index contributed by atoms with van der Waals surface area (Å²) in [5.41, 5.74) is 1.38.